The highest BCUT2D eigenvalue weighted by atomic mass is 31.0. The van der Waals surface area contributed by atoms with E-state index in [0.717, 1.165) is 0 Å². The van der Waals surface area contributed by atoms with Crippen molar-refractivity contribution in [1.29, 1.82) is 0 Å². The molecule has 70 valence electrons. The van der Waals surface area contributed by atoms with E-state index in [1.165, 1.54) is 9.24 Å². The van der Waals surface area contributed by atoms with Gasteiger partial charge >= 0.3 is 17.8 Å². The van der Waals surface area contributed by atoms with Crippen molar-refractivity contribution in [3.63, 3.8) is 0 Å². The van der Waals surface area contributed by atoms with Crippen LogP contribution in [-0.2, 0) is 0 Å². The Hall–Kier alpha value is -0.250. The SMILES string of the molecule is FC1(F)C=C(P)C(F)(F)C1(F)F. The van der Waals surface area contributed by atoms with Crippen LogP contribution in [0.1, 0.15) is 0 Å². The van der Waals surface area contributed by atoms with E-state index < -0.39 is 29.2 Å². The second-order valence-electron chi connectivity index (χ2n) is 2.37. The van der Waals surface area contributed by atoms with Crippen LogP contribution in [0.25, 0.3) is 0 Å². The number of halogens is 6. The third-order valence-electron chi connectivity index (χ3n) is 1.51. The minimum atomic E-state index is -5.32. The Bertz CT molecular complexity index is 242. The number of allylic oxidation sites excluding steroid dienone is 2. The van der Waals surface area contributed by atoms with Gasteiger partial charge in [0.05, 0.1) is 0 Å². The van der Waals surface area contributed by atoms with Gasteiger partial charge in [-0.2, -0.15) is 26.3 Å². The molecule has 0 aromatic rings. The maximum Gasteiger partial charge on any atom is 0.380 e. The molecule has 0 saturated heterocycles. The van der Waals surface area contributed by atoms with Crippen molar-refractivity contribution in [2.45, 2.75) is 17.8 Å². The highest BCUT2D eigenvalue weighted by Crippen LogP contribution is 2.57. The van der Waals surface area contributed by atoms with Gasteiger partial charge < -0.3 is 0 Å². The average Bonchev–Trinajstić information content (AvgIpc) is 1.92. The summed E-state index contributed by atoms with van der Waals surface area (Å²) >= 11 is 0. The number of alkyl halides is 6. The van der Waals surface area contributed by atoms with Gasteiger partial charge in [0.15, 0.2) is 0 Å². The van der Waals surface area contributed by atoms with Crippen LogP contribution in [0.3, 0.4) is 0 Å². The molecule has 1 aliphatic carbocycles. The van der Waals surface area contributed by atoms with Crippen LogP contribution >= 0.6 is 9.24 Å². The first kappa shape index (κ1) is 9.84. The number of hydrogen-bond donors (Lipinski definition) is 0. The molecule has 0 aromatic carbocycles. The predicted octanol–water partition coefficient (Wildman–Crippen LogP) is 2.66. The van der Waals surface area contributed by atoms with Crippen molar-refractivity contribution in [1.82, 2.24) is 0 Å². The smallest absolute Gasteiger partial charge is 0.195 e. The Morgan fingerprint density at radius 2 is 1.42 bits per heavy atom. The Kier molecular flexibility index (Phi) is 1.77. The van der Waals surface area contributed by atoms with Crippen molar-refractivity contribution in [3.8, 4) is 0 Å². The van der Waals surface area contributed by atoms with E-state index in [0.29, 0.717) is 0 Å². The zero-order valence-electron chi connectivity index (χ0n) is 5.42. The van der Waals surface area contributed by atoms with Gasteiger partial charge in [0.25, 0.3) is 0 Å². The summed E-state index contributed by atoms with van der Waals surface area (Å²) in [5.41, 5.74) is 0. The largest absolute Gasteiger partial charge is 0.380 e. The minimum absolute atomic E-state index is 0.433. The molecular weight excluding hydrogens is 205 g/mol. The first-order valence-electron chi connectivity index (χ1n) is 2.75. The highest BCUT2D eigenvalue weighted by Gasteiger charge is 2.75. The summed E-state index contributed by atoms with van der Waals surface area (Å²) in [6.45, 7) is 0. The number of hydrogen-bond acceptors (Lipinski definition) is 0. The van der Waals surface area contributed by atoms with Gasteiger partial charge in [0, 0.05) is 11.4 Å². The molecule has 0 fully saturated rings. The average molecular weight is 208 g/mol. The Labute approximate surface area is 65.8 Å². The zero-order chi connectivity index (χ0) is 9.78. The van der Waals surface area contributed by atoms with Crippen molar-refractivity contribution in [3.05, 3.63) is 11.4 Å². The molecule has 0 nitrogen and oxygen atoms in total. The summed E-state index contributed by atoms with van der Waals surface area (Å²) < 4.78 is 73.3. The summed E-state index contributed by atoms with van der Waals surface area (Å²) in [6.07, 6.45) is -0.433. The molecule has 7 heteroatoms. The van der Waals surface area contributed by atoms with E-state index in [9.17, 15) is 26.3 Å². The van der Waals surface area contributed by atoms with Crippen LogP contribution in [0.4, 0.5) is 26.3 Å². The second-order valence-corrected chi connectivity index (χ2v) is 2.99. The molecular formula is C5H3F6P. The maximum absolute atomic E-state index is 12.3. The van der Waals surface area contributed by atoms with Gasteiger partial charge in [0.1, 0.15) is 0 Å². The number of rotatable bonds is 0. The fourth-order valence-electron chi connectivity index (χ4n) is 0.767. The molecule has 0 radical (unpaired) electrons. The molecule has 0 bridgehead atoms. The normalized spacial score (nSPS) is 30.1. The lowest BCUT2D eigenvalue weighted by Crippen LogP contribution is -2.47. The van der Waals surface area contributed by atoms with Crippen molar-refractivity contribution < 1.29 is 26.3 Å². The van der Waals surface area contributed by atoms with E-state index in [2.05, 4.69) is 0 Å². The molecule has 0 spiro atoms. The Morgan fingerprint density at radius 3 is 1.50 bits per heavy atom. The molecule has 0 aromatic heterocycles. The summed E-state index contributed by atoms with van der Waals surface area (Å²) in [6, 6.07) is 0. The van der Waals surface area contributed by atoms with Crippen LogP contribution in [0.15, 0.2) is 11.4 Å². The van der Waals surface area contributed by atoms with Crippen LogP contribution in [0.2, 0.25) is 0 Å². The summed E-state index contributed by atoms with van der Waals surface area (Å²) in [4.78, 5) is 0. The quantitative estimate of drug-likeness (QED) is 0.424. The Balaban J connectivity index is 3.22. The van der Waals surface area contributed by atoms with E-state index in [1.54, 1.807) is 0 Å². The molecule has 0 saturated carbocycles. The van der Waals surface area contributed by atoms with E-state index >= 15 is 0 Å². The fraction of sp³-hybridized carbons (Fsp3) is 0.600. The molecule has 1 atom stereocenters. The molecule has 1 aliphatic rings. The first-order valence-corrected chi connectivity index (χ1v) is 3.33. The molecule has 0 N–H and O–H groups in total. The molecule has 1 unspecified atom stereocenters. The van der Waals surface area contributed by atoms with E-state index in [-0.39, 0.29) is 0 Å². The summed E-state index contributed by atoms with van der Waals surface area (Å²) in [5.74, 6) is -14.9. The highest BCUT2D eigenvalue weighted by molar-refractivity contribution is 7.22. The van der Waals surface area contributed by atoms with E-state index in [4.69, 9.17) is 0 Å². The Morgan fingerprint density at radius 1 is 1.00 bits per heavy atom. The monoisotopic (exact) mass is 208 g/mol. The molecule has 12 heavy (non-hydrogen) atoms. The minimum Gasteiger partial charge on any atom is -0.195 e. The third-order valence-corrected chi connectivity index (χ3v) is 2.04. The second kappa shape index (κ2) is 2.16. The first-order chi connectivity index (χ1) is 5.13. The molecule has 1 rings (SSSR count). The molecule has 0 amide bonds. The van der Waals surface area contributed by atoms with Gasteiger partial charge in [0.2, 0.25) is 0 Å². The molecule has 0 aliphatic heterocycles. The summed E-state index contributed by atoms with van der Waals surface area (Å²) in [5, 5.41) is -1.38. The van der Waals surface area contributed by atoms with Gasteiger partial charge in [-0.15, -0.1) is 9.24 Å². The van der Waals surface area contributed by atoms with Crippen molar-refractivity contribution in [2.75, 3.05) is 0 Å². The summed E-state index contributed by atoms with van der Waals surface area (Å²) in [7, 11) is 1.18. The topological polar surface area (TPSA) is 0 Å². The standard InChI is InChI=1S/C5H3F6P/c6-3(7)1-2(12)4(8,9)5(3,10)11/h1H,12H2. The van der Waals surface area contributed by atoms with Crippen molar-refractivity contribution in [2.24, 2.45) is 0 Å². The molecule has 0 heterocycles. The van der Waals surface area contributed by atoms with Gasteiger partial charge in [-0.05, 0) is 0 Å². The van der Waals surface area contributed by atoms with Crippen LogP contribution in [0, 0.1) is 0 Å². The van der Waals surface area contributed by atoms with Gasteiger partial charge in [-0.1, -0.05) is 0 Å². The van der Waals surface area contributed by atoms with Gasteiger partial charge in [-0.25, -0.2) is 0 Å². The van der Waals surface area contributed by atoms with E-state index in [1.807, 2.05) is 0 Å². The van der Waals surface area contributed by atoms with Crippen LogP contribution in [0.5, 0.6) is 0 Å². The van der Waals surface area contributed by atoms with Crippen LogP contribution in [-0.4, -0.2) is 17.8 Å². The van der Waals surface area contributed by atoms with Crippen molar-refractivity contribution >= 4 is 9.24 Å². The lowest BCUT2D eigenvalue weighted by Gasteiger charge is -2.24. The fourth-order valence-corrected chi connectivity index (χ4v) is 1.16. The van der Waals surface area contributed by atoms with Crippen LogP contribution < -0.4 is 0 Å². The maximum atomic E-state index is 12.3. The lowest BCUT2D eigenvalue weighted by atomic mass is 10.2. The lowest BCUT2D eigenvalue weighted by molar-refractivity contribution is -0.260. The predicted molar refractivity (Wildman–Crippen MR) is 32.6 cm³/mol. The van der Waals surface area contributed by atoms with Gasteiger partial charge in [-0.3, -0.25) is 0 Å². The zero-order valence-corrected chi connectivity index (χ0v) is 6.58. The third kappa shape index (κ3) is 0.903.